The van der Waals surface area contributed by atoms with E-state index in [4.69, 9.17) is 0 Å². The molecule has 3 heteroatoms. The molecular weight excluding hydrogens is 224 g/mol. The van der Waals surface area contributed by atoms with Crippen LogP contribution in [-0.4, -0.2) is 37.0 Å². The molecule has 2 aliphatic heterocycles. The molecule has 0 radical (unpaired) electrons. The molecule has 1 N–H and O–H groups in total. The van der Waals surface area contributed by atoms with E-state index in [9.17, 15) is 4.79 Å². The molecule has 2 heterocycles. The lowest BCUT2D eigenvalue weighted by molar-refractivity contribution is -0.119. The third-order valence-electron chi connectivity index (χ3n) is 4.54. The van der Waals surface area contributed by atoms with E-state index in [1.54, 1.807) is 0 Å². The van der Waals surface area contributed by atoms with Crippen LogP contribution in [0.3, 0.4) is 0 Å². The number of likely N-dealkylation sites (tertiary alicyclic amines) is 1. The van der Waals surface area contributed by atoms with Crippen LogP contribution < -0.4 is 5.32 Å². The van der Waals surface area contributed by atoms with E-state index in [2.05, 4.69) is 31.0 Å². The van der Waals surface area contributed by atoms with Gasteiger partial charge in [0.1, 0.15) is 0 Å². The predicted molar refractivity (Wildman–Crippen MR) is 74.4 cm³/mol. The number of amides is 1. The normalized spacial score (nSPS) is 28.7. The number of piperidine rings is 1. The fraction of sp³-hybridized carbons (Fsp3) is 0.933. The first-order valence-electron chi connectivity index (χ1n) is 7.46. The van der Waals surface area contributed by atoms with Gasteiger partial charge in [0.15, 0.2) is 0 Å². The Morgan fingerprint density at radius 2 is 2.06 bits per heavy atom. The third kappa shape index (κ3) is 3.71. The van der Waals surface area contributed by atoms with Crippen LogP contribution in [0.2, 0.25) is 0 Å². The first-order chi connectivity index (χ1) is 8.47. The number of hydrogen-bond acceptors (Lipinski definition) is 2. The highest BCUT2D eigenvalue weighted by Crippen LogP contribution is 2.37. The van der Waals surface area contributed by atoms with Gasteiger partial charge in [0.05, 0.1) is 0 Å². The van der Waals surface area contributed by atoms with Gasteiger partial charge in [-0.1, -0.05) is 20.8 Å². The zero-order chi connectivity index (χ0) is 13.2. The van der Waals surface area contributed by atoms with Gasteiger partial charge >= 0.3 is 0 Å². The second-order valence-corrected chi connectivity index (χ2v) is 7.08. The molecule has 2 saturated heterocycles. The molecule has 2 aliphatic rings. The van der Waals surface area contributed by atoms with Gasteiger partial charge in [0, 0.05) is 19.5 Å². The largest absolute Gasteiger partial charge is 0.356 e. The van der Waals surface area contributed by atoms with Crippen molar-refractivity contribution in [3.63, 3.8) is 0 Å². The lowest BCUT2D eigenvalue weighted by Gasteiger charge is -2.41. The first kappa shape index (κ1) is 13.9. The highest BCUT2D eigenvalue weighted by Gasteiger charge is 2.32. The fourth-order valence-electron chi connectivity index (χ4n) is 3.62. The summed E-state index contributed by atoms with van der Waals surface area (Å²) in [6.07, 6.45) is 4.72. The molecule has 0 aromatic carbocycles. The summed E-state index contributed by atoms with van der Waals surface area (Å²) in [6.45, 7) is 11.5. The average Bonchev–Trinajstić information content (AvgIpc) is 2.67. The van der Waals surface area contributed by atoms with Gasteiger partial charge in [-0.15, -0.1) is 0 Å². The maximum atomic E-state index is 11.2. The van der Waals surface area contributed by atoms with Gasteiger partial charge < -0.3 is 10.2 Å². The minimum Gasteiger partial charge on any atom is -0.356 e. The fourth-order valence-corrected chi connectivity index (χ4v) is 3.62. The summed E-state index contributed by atoms with van der Waals surface area (Å²) in [5, 5.41) is 2.94. The molecule has 1 amide bonds. The molecule has 2 rings (SSSR count). The molecule has 1 atom stereocenters. The van der Waals surface area contributed by atoms with Crippen molar-refractivity contribution in [3.8, 4) is 0 Å². The van der Waals surface area contributed by atoms with Crippen molar-refractivity contribution in [1.82, 2.24) is 10.2 Å². The average molecular weight is 252 g/mol. The minimum absolute atomic E-state index is 0.238. The molecule has 2 fully saturated rings. The van der Waals surface area contributed by atoms with Crippen LogP contribution in [0.25, 0.3) is 0 Å². The maximum Gasteiger partial charge on any atom is 0.220 e. The Kier molecular flexibility index (Phi) is 4.31. The van der Waals surface area contributed by atoms with E-state index in [-0.39, 0.29) is 5.91 Å². The third-order valence-corrected chi connectivity index (χ3v) is 4.54. The van der Waals surface area contributed by atoms with E-state index in [0.717, 1.165) is 25.4 Å². The zero-order valence-corrected chi connectivity index (χ0v) is 12.2. The zero-order valence-electron chi connectivity index (χ0n) is 12.2. The van der Waals surface area contributed by atoms with E-state index in [1.165, 1.54) is 32.4 Å². The number of rotatable bonds is 4. The molecule has 0 bridgehead atoms. The van der Waals surface area contributed by atoms with Gasteiger partial charge in [0.2, 0.25) is 5.91 Å². The maximum absolute atomic E-state index is 11.2. The highest BCUT2D eigenvalue weighted by atomic mass is 16.1. The van der Waals surface area contributed by atoms with Crippen LogP contribution in [0.1, 0.15) is 46.5 Å². The summed E-state index contributed by atoms with van der Waals surface area (Å²) in [7, 11) is 0. The van der Waals surface area contributed by atoms with Crippen LogP contribution in [0.4, 0.5) is 0 Å². The molecule has 3 nitrogen and oxygen atoms in total. The molecule has 0 aromatic heterocycles. The van der Waals surface area contributed by atoms with Crippen molar-refractivity contribution >= 4 is 5.91 Å². The molecule has 18 heavy (non-hydrogen) atoms. The van der Waals surface area contributed by atoms with Crippen LogP contribution in [0.15, 0.2) is 0 Å². The number of carbonyl (C=O) groups is 1. The quantitative estimate of drug-likeness (QED) is 0.832. The standard InChI is InChI=1S/C15H28N2O/c1-12(2)9-15(3)4-6-17(7-5-15)11-13-8-14(18)16-10-13/h12-13H,4-11H2,1-3H3,(H,16,18). The smallest absolute Gasteiger partial charge is 0.220 e. The molecule has 0 aliphatic carbocycles. The van der Waals surface area contributed by atoms with Gasteiger partial charge in [-0.2, -0.15) is 0 Å². The van der Waals surface area contributed by atoms with Gasteiger partial charge in [-0.05, 0) is 49.6 Å². The van der Waals surface area contributed by atoms with E-state index in [0.29, 0.717) is 11.3 Å². The predicted octanol–water partition coefficient (Wildman–Crippen LogP) is 2.27. The number of nitrogens with one attached hydrogen (secondary N) is 1. The van der Waals surface area contributed by atoms with Crippen LogP contribution in [0.5, 0.6) is 0 Å². The molecule has 0 aromatic rings. The summed E-state index contributed by atoms with van der Waals surface area (Å²) in [6, 6.07) is 0. The Hall–Kier alpha value is -0.570. The van der Waals surface area contributed by atoms with Crippen molar-refractivity contribution in [2.75, 3.05) is 26.2 Å². The van der Waals surface area contributed by atoms with E-state index >= 15 is 0 Å². The van der Waals surface area contributed by atoms with Crippen molar-refractivity contribution in [2.45, 2.75) is 46.5 Å². The monoisotopic (exact) mass is 252 g/mol. The number of carbonyl (C=O) groups excluding carboxylic acids is 1. The summed E-state index contributed by atoms with van der Waals surface area (Å²) >= 11 is 0. The van der Waals surface area contributed by atoms with Crippen molar-refractivity contribution < 1.29 is 4.79 Å². The molecule has 0 spiro atoms. The van der Waals surface area contributed by atoms with E-state index < -0.39 is 0 Å². The molecule has 1 unspecified atom stereocenters. The van der Waals surface area contributed by atoms with Gasteiger partial charge in [-0.3, -0.25) is 4.79 Å². The second kappa shape index (κ2) is 5.60. The minimum atomic E-state index is 0.238. The topological polar surface area (TPSA) is 32.3 Å². The van der Waals surface area contributed by atoms with E-state index in [1.807, 2.05) is 0 Å². The Bertz CT molecular complexity index is 293. The summed E-state index contributed by atoms with van der Waals surface area (Å²) in [5.41, 5.74) is 0.550. The first-order valence-corrected chi connectivity index (χ1v) is 7.46. The van der Waals surface area contributed by atoms with Crippen molar-refractivity contribution in [1.29, 1.82) is 0 Å². The molecule has 0 saturated carbocycles. The highest BCUT2D eigenvalue weighted by molar-refractivity contribution is 5.78. The Balaban J connectivity index is 1.74. The number of hydrogen-bond donors (Lipinski definition) is 1. The lowest BCUT2D eigenvalue weighted by atomic mass is 9.74. The Morgan fingerprint density at radius 1 is 1.39 bits per heavy atom. The SMILES string of the molecule is CC(C)CC1(C)CCN(CC2CNC(=O)C2)CC1. The lowest BCUT2D eigenvalue weighted by Crippen LogP contribution is -2.41. The number of nitrogens with zero attached hydrogens (tertiary/aromatic N) is 1. The summed E-state index contributed by atoms with van der Waals surface area (Å²) in [5.74, 6) is 1.59. The van der Waals surface area contributed by atoms with Crippen molar-refractivity contribution in [3.05, 3.63) is 0 Å². The molecular formula is C15H28N2O. The Labute approximate surface area is 111 Å². The van der Waals surface area contributed by atoms with Crippen LogP contribution >= 0.6 is 0 Å². The van der Waals surface area contributed by atoms with Gasteiger partial charge in [-0.25, -0.2) is 0 Å². The molecule has 104 valence electrons. The van der Waals surface area contributed by atoms with Crippen LogP contribution in [-0.2, 0) is 4.79 Å². The van der Waals surface area contributed by atoms with Gasteiger partial charge in [0.25, 0.3) is 0 Å². The van der Waals surface area contributed by atoms with Crippen molar-refractivity contribution in [2.24, 2.45) is 17.3 Å². The van der Waals surface area contributed by atoms with Crippen LogP contribution in [0, 0.1) is 17.3 Å². The second-order valence-electron chi connectivity index (χ2n) is 7.08. The Morgan fingerprint density at radius 3 is 2.56 bits per heavy atom. The summed E-state index contributed by atoms with van der Waals surface area (Å²) < 4.78 is 0. The summed E-state index contributed by atoms with van der Waals surface area (Å²) in [4.78, 5) is 13.8.